The van der Waals surface area contributed by atoms with Crippen LogP contribution >= 0.6 is 11.6 Å². The molecule has 1 aliphatic heterocycles. The van der Waals surface area contributed by atoms with Gasteiger partial charge in [0.15, 0.2) is 0 Å². The Morgan fingerprint density at radius 3 is 2.59 bits per heavy atom. The molecule has 4 nitrogen and oxygen atoms in total. The highest BCUT2D eigenvalue weighted by atomic mass is 35.5. The zero-order chi connectivity index (χ0) is 15.7. The topological polar surface area (TPSA) is 48.2 Å². The van der Waals surface area contributed by atoms with E-state index in [0.717, 1.165) is 21.7 Å². The summed E-state index contributed by atoms with van der Waals surface area (Å²) in [4.78, 5) is 8.63. The van der Waals surface area contributed by atoms with Crippen LogP contribution in [0.15, 0.2) is 52.4 Å². The van der Waals surface area contributed by atoms with Crippen molar-refractivity contribution >= 4 is 23.1 Å². The van der Waals surface area contributed by atoms with E-state index >= 15 is 0 Å². The zero-order valence-electron chi connectivity index (χ0n) is 12.4. The van der Waals surface area contributed by atoms with Crippen molar-refractivity contribution in [2.45, 2.75) is 6.92 Å². The van der Waals surface area contributed by atoms with E-state index in [1.54, 1.807) is 13.1 Å². The summed E-state index contributed by atoms with van der Waals surface area (Å²) in [5.74, 6) is 0.563. The van der Waals surface area contributed by atoms with Crippen LogP contribution in [0.2, 0.25) is 5.02 Å². The van der Waals surface area contributed by atoms with E-state index in [0.29, 0.717) is 16.6 Å². The quantitative estimate of drug-likeness (QED) is 0.877. The van der Waals surface area contributed by atoms with Crippen molar-refractivity contribution in [1.82, 2.24) is 5.06 Å². The molecule has 1 aliphatic rings. The lowest BCUT2D eigenvalue weighted by molar-refractivity contribution is -0.0119. The van der Waals surface area contributed by atoms with Gasteiger partial charge in [-0.15, -0.1) is 0 Å². The summed E-state index contributed by atoms with van der Waals surface area (Å²) in [5.41, 5.74) is 2.75. The minimum Gasteiger partial charge on any atom is -0.288 e. The number of hydrogen-bond donors (Lipinski definition) is 1. The molecule has 1 heterocycles. The second-order valence-corrected chi connectivity index (χ2v) is 5.62. The first-order valence-corrected chi connectivity index (χ1v) is 7.34. The van der Waals surface area contributed by atoms with Crippen LogP contribution in [0.4, 0.5) is 0 Å². The molecule has 0 atom stereocenters. The molecule has 5 heteroatoms. The maximum Gasteiger partial charge on any atom is 0.145 e. The van der Waals surface area contributed by atoms with E-state index in [4.69, 9.17) is 11.6 Å². The molecule has 0 spiro atoms. The maximum absolute atomic E-state index is 10.5. The Labute approximate surface area is 133 Å². The Balaban J connectivity index is 2.39. The Kier molecular flexibility index (Phi) is 3.96. The van der Waals surface area contributed by atoms with E-state index in [-0.39, 0.29) is 6.54 Å². The molecular weight excluding hydrogens is 298 g/mol. The molecule has 2 aromatic rings. The van der Waals surface area contributed by atoms with Gasteiger partial charge in [-0.1, -0.05) is 41.4 Å². The lowest BCUT2D eigenvalue weighted by atomic mass is 10.1. The Morgan fingerprint density at radius 1 is 1.18 bits per heavy atom. The normalized spacial score (nSPS) is 16.3. The largest absolute Gasteiger partial charge is 0.288 e. The van der Waals surface area contributed by atoms with E-state index < -0.39 is 0 Å². The molecule has 0 aromatic heterocycles. The van der Waals surface area contributed by atoms with Crippen LogP contribution in [-0.4, -0.2) is 29.7 Å². The molecule has 0 unspecified atom stereocenters. The van der Waals surface area contributed by atoms with Crippen LogP contribution in [0, 0.1) is 6.92 Å². The van der Waals surface area contributed by atoms with Gasteiger partial charge < -0.3 is 0 Å². The molecule has 1 N–H and O–H groups in total. The highest BCUT2D eigenvalue weighted by Gasteiger charge is 2.17. The predicted molar refractivity (Wildman–Crippen MR) is 87.8 cm³/mol. The van der Waals surface area contributed by atoms with Crippen molar-refractivity contribution in [3.05, 3.63) is 69.2 Å². The SMILES string of the molecule is CN=C1CN(O)C(c2ccc(C)cc2)=c2cc(Cl)ccc2=N1. The van der Waals surface area contributed by atoms with Gasteiger partial charge in [-0.25, -0.2) is 10.1 Å². The third-order valence-corrected chi connectivity index (χ3v) is 3.83. The fraction of sp³-hybridized carbons (Fsp3) is 0.176. The summed E-state index contributed by atoms with van der Waals surface area (Å²) in [6.45, 7) is 2.26. The minimum atomic E-state index is 0.228. The van der Waals surface area contributed by atoms with E-state index in [2.05, 4.69) is 9.98 Å². The fourth-order valence-corrected chi connectivity index (χ4v) is 2.63. The van der Waals surface area contributed by atoms with Crippen molar-refractivity contribution in [1.29, 1.82) is 0 Å². The first-order valence-electron chi connectivity index (χ1n) is 6.96. The molecule has 22 heavy (non-hydrogen) atoms. The summed E-state index contributed by atoms with van der Waals surface area (Å²) in [6, 6.07) is 13.4. The second kappa shape index (κ2) is 5.91. The number of rotatable bonds is 1. The van der Waals surface area contributed by atoms with Crippen molar-refractivity contribution in [2.24, 2.45) is 9.98 Å². The second-order valence-electron chi connectivity index (χ2n) is 5.19. The van der Waals surface area contributed by atoms with Gasteiger partial charge in [0.25, 0.3) is 0 Å². The molecule has 0 amide bonds. The third kappa shape index (κ3) is 2.75. The van der Waals surface area contributed by atoms with Crippen molar-refractivity contribution in [3.8, 4) is 0 Å². The van der Waals surface area contributed by atoms with E-state index in [1.165, 1.54) is 5.06 Å². The Bertz CT molecular complexity index is 856. The minimum absolute atomic E-state index is 0.228. The average Bonchev–Trinajstić information content (AvgIpc) is 2.64. The first-order chi connectivity index (χ1) is 10.6. The zero-order valence-corrected chi connectivity index (χ0v) is 13.2. The van der Waals surface area contributed by atoms with Gasteiger partial charge in [0.1, 0.15) is 12.4 Å². The van der Waals surface area contributed by atoms with E-state index in [1.807, 2.05) is 43.3 Å². The number of halogens is 1. The molecule has 112 valence electrons. The van der Waals surface area contributed by atoms with E-state index in [9.17, 15) is 5.21 Å². The van der Waals surface area contributed by atoms with Crippen molar-refractivity contribution in [2.75, 3.05) is 13.6 Å². The first kappa shape index (κ1) is 14.8. The highest BCUT2D eigenvalue weighted by molar-refractivity contribution is 6.30. The summed E-state index contributed by atoms with van der Waals surface area (Å²) in [6.07, 6.45) is 0. The number of nitrogens with zero attached hydrogens (tertiary/aromatic N) is 3. The summed E-state index contributed by atoms with van der Waals surface area (Å²) in [5, 5.41) is 13.8. The van der Waals surface area contributed by atoms with Crippen molar-refractivity contribution in [3.63, 3.8) is 0 Å². The van der Waals surface area contributed by atoms with Gasteiger partial charge in [-0.3, -0.25) is 10.2 Å². The lowest BCUT2D eigenvalue weighted by Gasteiger charge is -2.19. The number of amidine groups is 1. The Hall–Kier alpha value is -2.17. The van der Waals surface area contributed by atoms with Gasteiger partial charge in [0.05, 0.1) is 11.1 Å². The molecule has 3 rings (SSSR count). The number of aliphatic imine (C=N–C) groups is 1. The number of hydroxylamine groups is 2. The molecule has 0 radical (unpaired) electrons. The molecule has 0 saturated heterocycles. The highest BCUT2D eigenvalue weighted by Crippen LogP contribution is 2.17. The van der Waals surface area contributed by atoms with Crippen LogP contribution in [0.25, 0.3) is 5.70 Å². The average molecular weight is 314 g/mol. The number of aryl methyl sites for hydroxylation is 1. The Morgan fingerprint density at radius 2 is 1.91 bits per heavy atom. The number of hydrogen-bond acceptors (Lipinski definition) is 3. The standard InChI is InChI=1S/C17H16ClN3O/c1-11-3-5-12(6-4-11)17-14-9-13(18)7-8-15(14)20-16(19-2)10-21(17)22/h3-9,22H,10H2,1-2H3. The lowest BCUT2D eigenvalue weighted by Crippen LogP contribution is -2.31. The fourth-order valence-electron chi connectivity index (χ4n) is 2.46. The van der Waals surface area contributed by atoms with Crippen LogP contribution in [0.3, 0.4) is 0 Å². The maximum atomic E-state index is 10.5. The van der Waals surface area contributed by atoms with Gasteiger partial charge in [-0.05, 0) is 25.1 Å². The summed E-state index contributed by atoms with van der Waals surface area (Å²) in [7, 11) is 1.67. The van der Waals surface area contributed by atoms with Gasteiger partial charge in [0, 0.05) is 22.9 Å². The third-order valence-electron chi connectivity index (χ3n) is 3.60. The molecule has 2 aromatic carbocycles. The molecule has 0 bridgehead atoms. The molecule has 0 fully saturated rings. The summed E-state index contributed by atoms with van der Waals surface area (Å²) < 4.78 is 0. The van der Waals surface area contributed by atoms with Crippen LogP contribution in [0.5, 0.6) is 0 Å². The molecule has 0 saturated carbocycles. The van der Waals surface area contributed by atoms with Gasteiger partial charge >= 0.3 is 0 Å². The summed E-state index contributed by atoms with van der Waals surface area (Å²) >= 11 is 6.14. The number of fused-ring (bicyclic) bond motifs is 1. The van der Waals surface area contributed by atoms with Crippen LogP contribution in [0.1, 0.15) is 11.1 Å². The molecular formula is C17H16ClN3O. The smallest absolute Gasteiger partial charge is 0.145 e. The van der Waals surface area contributed by atoms with Gasteiger partial charge in [-0.2, -0.15) is 0 Å². The number of benzene rings is 2. The van der Waals surface area contributed by atoms with Crippen LogP contribution in [-0.2, 0) is 0 Å². The van der Waals surface area contributed by atoms with Crippen LogP contribution < -0.4 is 10.6 Å². The van der Waals surface area contributed by atoms with Crippen molar-refractivity contribution < 1.29 is 5.21 Å². The van der Waals surface area contributed by atoms with Gasteiger partial charge in [0.2, 0.25) is 0 Å². The molecule has 0 aliphatic carbocycles. The monoisotopic (exact) mass is 313 g/mol. The predicted octanol–water partition coefficient (Wildman–Crippen LogP) is 2.16.